The SMILES string of the molecule is COc1cc([C@@H](N2CCc3c(-c4cnn(C)c4)cc(C(N)=O)nc3C2)C(F)(F)F)ccn1. The van der Waals surface area contributed by atoms with Crippen molar-refractivity contribution in [1.29, 1.82) is 0 Å². The largest absolute Gasteiger partial charge is 0.481 e. The molecule has 0 unspecified atom stereocenters. The first kappa shape index (κ1) is 21.8. The maximum Gasteiger partial charge on any atom is 0.408 e. The molecule has 0 fully saturated rings. The molecule has 0 bridgehead atoms. The van der Waals surface area contributed by atoms with Crippen molar-refractivity contribution in [3.63, 3.8) is 0 Å². The van der Waals surface area contributed by atoms with Crippen LogP contribution in [-0.2, 0) is 20.0 Å². The fourth-order valence-electron chi connectivity index (χ4n) is 4.04. The second-order valence-corrected chi connectivity index (χ2v) is 7.54. The van der Waals surface area contributed by atoms with Crippen LogP contribution in [0.2, 0.25) is 0 Å². The van der Waals surface area contributed by atoms with Crippen LogP contribution in [0, 0.1) is 0 Å². The van der Waals surface area contributed by atoms with E-state index in [-0.39, 0.29) is 30.2 Å². The lowest BCUT2D eigenvalue weighted by molar-refractivity contribution is -0.189. The minimum Gasteiger partial charge on any atom is -0.481 e. The van der Waals surface area contributed by atoms with Crippen molar-refractivity contribution in [3.8, 4) is 17.0 Å². The number of rotatable bonds is 5. The topological polar surface area (TPSA) is 99.2 Å². The molecule has 11 heteroatoms. The lowest BCUT2D eigenvalue weighted by Gasteiger charge is -2.37. The van der Waals surface area contributed by atoms with Gasteiger partial charge in [0.1, 0.15) is 11.7 Å². The van der Waals surface area contributed by atoms with Crippen LogP contribution in [0.1, 0.15) is 33.4 Å². The molecule has 4 heterocycles. The molecule has 3 aromatic rings. The van der Waals surface area contributed by atoms with Crippen LogP contribution >= 0.6 is 0 Å². The molecule has 32 heavy (non-hydrogen) atoms. The molecule has 2 N–H and O–H groups in total. The van der Waals surface area contributed by atoms with E-state index in [1.807, 2.05) is 0 Å². The van der Waals surface area contributed by atoms with Crippen molar-refractivity contribution in [2.45, 2.75) is 25.2 Å². The number of halogens is 3. The number of aryl methyl sites for hydroxylation is 1. The van der Waals surface area contributed by atoms with Crippen LogP contribution < -0.4 is 10.5 Å². The third kappa shape index (κ3) is 4.15. The maximum absolute atomic E-state index is 14.1. The van der Waals surface area contributed by atoms with Gasteiger partial charge in [0.25, 0.3) is 5.91 Å². The Morgan fingerprint density at radius 1 is 1.31 bits per heavy atom. The molecule has 168 valence electrons. The number of hydrogen-bond acceptors (Lipinski definition) is 6. The lowest BCUT2D eigenvalue weighted by atomic mass is 9.93. The average Bonchev–Trinajstić information content (AvgIpc) is 3.18. The van der Waals surface area contributed by atoms with Gasteiger partial charge in [-0.05, 0) is 35.2 Å². The van der Waals surface area contributed by atoms with Crippen molar-refractivity contribution >= 4 is 5.91 Å². The van der Waals surface area contributed by atoms with E-state index in [0.717, 1.165) is 11.1 Å². The monoisotopic (exact) mass is 446 g/mol. The number of primary amides is 1. The number of hydrogen-bond donors (Lipinski definition) is 1. The summed E-state index contributed by atoms with van der Waals surface area (Å²) in [4.78, 5) is 21.4. The number of aromatic nitrogens is 4. The van der Waals surface area contributed by atoms with Crippen molar-refractivity contribution in [2.24, 2.45) is 12.8 Å². The Morgan fingerprint density at radius 2 is 2.09 bits per heavy atom. The van der Waals surface area contributed by atoms with Crippen molar-refractivity contribution in [3.05, 3.63) is 59.3 Å². The molecule has 0 spiro atoms. The van der Waals surface area contributed by atoms with Gasteiger partial charge in [-0.3, -0.25) is 14.4 Å². The van der Waals surface area contributed by atoms with Gasteiger partial charge in [-0.1, -0.05) is 0 Å². The number of carbonyl (C=O) groups is 1. The van der Waals surface area contributed by atoms with E-state index in [1.54, 1.807) is 30.2 Å². The molecular formula is C21H21F3N6O2. The Morgan fingerprint density at radius 3 is 2.72 bits per heavy atom. The predicted octanol–water partition coefficient (Wildman–Crippen LogP) is 2.65. The summed E-state index contributed by atoms with van der Waals surface area (Å²) in [5, 5.41) is 4.15. The molecule has 3 aromatic heterocycles. The predicted molar refractivity (Wildman–Crippen MR) is 109 cm³/mol. The normalized spacial score (nSPS) is 15.3. The van der Waals surface area contributed by atoms with Gasteiger partial charge in [0, 0.05) is 44.2 Å². The quantitative estimate of drug-likeness (QED) is 0.647. The summed E-state index contributed by atoms with van der Waals surface area (Å²) >= 11 is 0. The molecular weight excluding hydrogens is 425 g/mol. The molecule has 0 aromatic carbocycles. The summed E-state index contributed by atoms with van der Waals surface area (Å²) in [6, 6.07) is 2.29. The number of alkyl halides is 3. The lowest BCUT2D eigenvalue weighted by Crippen LogP contribution is -2.42. The van der Waals surface area contributed by atoms with Gasteiger partial charge >= 0.3 is 6.18 Å². The molecule has 1 aliphatic rings. The molecule has 8 nitrogen and oxygen atoms in total. The van der Waals surface area contributed by atoms with E-state index in [0.29, 0.717) is 17.7 Å². The van der Waals surface area contributed by atoms with Crippen molar-refractivity contribution < 1.29 is 22.7 Å². The maximum atomic E-state index is 14.1. The third-order valence-electron chi connectivity index (χ3n) is 5.44. The first-order chi connectivity index (χ1) is 15.2. The van der Waals surface area contributed by atoms with E-state index in [2.05, 4.69) is 15.1 Å². The van der Waals surface area contributed by atoms with Gasteiger partial charge < -0.3 is 10.5 Å². The molecule has 1 aliphatic heterocycles. The minimum absolute atomic E-state index is 0.00130. The number of nitrogens with two attached hydrogens (primary N) is 1. The Hall–Kier alpha value is -3.47. The summed E-state index contributed by atoms with van der Waals surface area (Å²) in [6.45, 7) is 0.0468. The number of pyridine rings is 2. The molecule has 1 atom stereocenters. The number of fused-ring (bicyclic) bond motifs is 1. The number of methoxy groups -OCH3 is 1. The molecule has 4 rings (SSSR count). The van der Waals surface area contributed by atoms with Gasteiger partial charge in [0.2, 0.25) is 5.88 Å². The highest BCUT2D eigenvalue weighted by Crippen LogP contribution is 2.41. The number of nitrogens with zero attached hydrogens (tertiary/aromatic N) is 5. The standard InChI is InChI=1S/C21H21F3N6O2/c1-29-10-13(9-27-29)15-8-16(20(25)31)28-17-11-30(6-4-14(15)17)19(21(22,23)24)12-3-5-26-18(7-12)32-2/h3,5,7-10,19H,4,6,11H2,1-2H3,(H2,25,31)/t19-/m1/s1. The highest BCUT2D eigenvalue weighted by molar-refractivity contribution is 5.92. The van der Waals surface area contributed by atoms with Crippen molar-refractivity contribution in [1.82, 2.24) is 24.6 Å². The van der Waals surface area contributed by atoms with Gasteiger partial charge in [-0.15, -0.1) is 0 Å². The van der Waals surface area contributed by atoms with Gasteiger partial charge in [0.15, 0.2) is 0 Å². The first-order valence-electron chi connectivity index (χ1n) is 9.79. The number of ether oxygens (including phenoxy) is 1. The zero-order valence-electron chi connectivity index (χ0n) is 17.4. The second-order valence-electron chi connectivity index (χ2n) is 7.54. The smallest absolute Gasteiger partial charge is 0.408 e. The van der Waals surface area contributed by atoms with Crippen LogP contribution in [0.5, 0.6) is 5.88 Å². The highest BCUT2D eigenvalue weighted by atomic mass is 19.4. The molecule has 1 amide bonds. The summed E-state index contributed by atoms with van der Waals surface area (Å²) in [7, 11) is 3.10. The zero-order valence-corrected chi connectivity index (χ0v) is 17.4. The van der Waals surface area contributed by atoms with Gasteiger partial charge in [-0.2, -0.15) is 18.3 Å². The van der Waals surface area contributed by atoms with Crippen LogP contribution in [0.25, 0.3) is 11.1 Å². The molecule has 0 saturated carbocycles. The molecule has 0 radical (unpaired) electrons. The van der Waals surface area contributed by atoms with Crippen LogP contribution in [-0.4, -0.2) is 50.4 Å². The minimum atomic E-state index is -4.54. The van der Waals surface area contributed by atoms with E-state index >= 15 is 0 Å². The van der Waals surface area contributed by atoms with E-state index in [4.69, 9.17) is 10.5 Å². The van der Waals surface area contributed by atoms with E-state index in [9.17, 15) is 18.0 Å². The number of amides is 1. The fraction of sp³-hybridized carbons (Fsp3) is 0.333. The summed E-state index contributed by atoms with van der Waals surface area (Å²) in [6.07, 6.45) is 0.468. The van der Waals surface area contributed by atoms with Gasteiger partial charge in [0.05, 0.1) is 19.0 Å². The second kappa shape index (κ2) is 8.23. The van der Waals surface area contributed by atoms with Gasteiger partial charge in [-0.25, -0.2) is 9.97 Å². The van der Waals surface area contributed by atoms with E-state index < -0.39 is 18.1 Å². The highest BCUT2D eigenvalue weighted by Gasteiger charge is 2.46. The Labute approximate surface area is 181 Å². The van der Waals surface area contributed by atoms with Crippen molar-refractivity contribution in [2.75, 3.05) is 13.7 Å². The molecule has 0 saturated heterocycles. The zero-order chi connectivity index (χ0) is 23.0. The summed E-state index contributed by atoms with van der Waals surface area (Å²) in [5.74, 6) is -0.650. The van der Waals surface area contributed by atoms with Crippen LogP contribution in [0.15, 0.2) is 36.8 Å². The first-order valence-corrected chi connectivity index (χ1v) is 9.79. The molecule has 0 aliphatic carbocycles. The fourth-order valence-corrected chi connectivity index (χ4v) is 4.04. The average molecular weight is 446 g/mol. The Kier molecular flexibility index (Phi) is 5.59. The number of carbonyl (C=O) groups excluding carboxylic acids is 1. The Balaban J connectivity index is 1.77. The third-order valence-corrected chi connectivity index (χ3v) is 5.44. The summed E-state index contributed by atoms with van der Waals surface area (Å²) in [5.41, 5.74) is 8.09. The Bertz CT molecular complexity index is 1160. The summed E-state index contributed by atoms with van der Waals surface area (Å²) < 4.78 is 49.1. The van der Waals surface area contributed by atoms with E-state index in [1.165, 1.54) is 30.3 Å². The van der Waals surface area contributed by atoms with Crippen LogP contribution in [0.3, 0.4) is 0 Å². The van der Waals surface area contributed by atoms with Crippen LogP contribution in [0.4, 0.5) is 13.2 Å².